The second-order valence-electron chi connectivity index (χ2n) is 6.26. The maximum absolute atomic E-state index is 11.4. The standard InChI is InChI=1S/C18H27N5O5S/c1-3-8-28-17-15(23(24)25)11-14(12-16(17)26-2)13-20-21-18(29)19-4-5-22-6-9-27-10-7-22/h11-13H,3-10H2,1-2H3,(H2,19,21,29)/b20-13+. The van der Waals surface area contributed by atoms with Crippen molar-refractivity contribution in [1.82, 2.24) is 15.6 Å². The molecule has 1 aromatic carbocycles. The number of nitrogens with one attached hydrogen (secondary N) is 2. The number of nitro benzene ring substituents is 1. The lowest BCUT2D eigenvalue weighted by atomic mass is 10.2. The fourth-order valence-corrected chi connectivity index (χ4v) is 2.83. The number of benzene rings is 1. The topological polar surface area (TPSA) is 110 Å². The molecule has 0 unspecified atom stereocenters. The van der Waals surface area contributed by atoms with Gasteiger partial charge in [-0.3, -0.25) is 20.4 Å². The minimum absolute atomic E-state index is 0.116. The average Bonchev–Trinajstić information content (AvgIpc) is 2.72. The lowest BCUT2D eigenvalue weighted by molar-refractivity contribution is -0.386. The Morgan fingerprint density at radius 1 is 1.45 bits per heavy atom. The number of thiocarbonyl (C=S) groups is 1. The molecule has 2 rings (SSSR count). The van der Waals surface area contributed by atoms with Crippen molar-refractivity contribution < 1.29 is 19.1 Å². The molecule has 0 radical (unpaired) electrons. The smallest absolute Gasteiger partial charge is 0.315 e. The van der Waals surface area contributed by atoms with Crippen LogP contribution in [0.4, 0.5) is 5.69 Å². The first-order valence-electron chi connectivity index (χ1n) is 9.41. The maximum atomic E-state index is 11.4. The van der Waals surface area contributed by atoms with E-state index >= 15 is 0 Å². The van der Waals surface area contributed by atoms with Crippen LogP contribution >= 0.6 is 12.2 Å². The summed E-state index contributed by atoms with van der Waals surface area (Å²) < 4.78 is 16.1. The molecular formula is C18H27N5O5S. The Bertz CT molecular complexity index is 725. The Hall–Kier alpha value is -2.50. The van der Waals surface area contributed by atoms with Crippen LogP contribution < -0.4 is 20.2 Å². The summed E-state index contributed by atoms with van der Waals surface area (Å²) in [5.74, 6) is 0.394. The number of nitrogens with zero attached hydrogens (tertiary/aromatic N) is 3. The van der Waals surface area contributed by atoms with E-state index < -0.39 is 4.92 Å². The fraction of sp³-hybridized carbons (Fsp3) is 0.556. The summed E-state index contributed by atoms with van der Waals surface area (Å²) in [6, 6.07) is 3.01. The third-order valence-corrected chi connectivity index (χ3v) is 4.36. The minimum Gasteiger partial charge on any atom is -0.493 e. The first-order chi connectivity index (χ1) is 14.0. The number of rotatable bonds is 10. The highest BCUT2D eigenvalue weighted by molar-refractivity contribution is 7.80. The molecule has 0 aliphatic carbocycles. The highest BCUT2D eigenvalue weighted by Gasteiger charge is 2.21. The van der Waals surface area contributed by atoms with Crippen LogP contribution in [0.5, 0.6) is 11.5 Å². The second kappa shape index (κ2) is 12.1. The van der Waals surface area contributed by atoms with Crippen molar-refractivity contribution in [2.24, 2.45) is 5.10 Å². The van der Waals surface area contributed by atoms with Crippen molar-refractivity contribution in [3.05, 3.63) is 27.8 Å². The monoisotopic (exact) mass is 425 g/mol. The van der Waals surface area contributed by atoms with E-state index in [1.807, 2.05) is 6.92 Å². The molecule has 0 atom stereocenters. The van der Waals surface area contributed by atoms with Crippen LogP contribution in [0.15, 0.2) is 17.2 Å². The number of morpholine rings is 1. The number of nitro groups is 1. The summed E-state index contributed by atoms with van der Waals surface area (Å²) in [6.07, 6.45) is 2.17. The van der Waals surface area contributed by atoms with E-state index in [9.17, 15) is 10.1 Å². The molecule has 0 bridgehead atoms. The molecule has 1 aliphatic heterocycles. The molecule has 1 fully saturated rings. The molecule has 11 heteroatoms. The van der Waals surface area contributed by atoms with E-state index in [1.54, 1.807) is 6.07 Å². The van der Waals surface area contributed by atoms with Gasteiger partial charge in [0.15, 0.2) is 10.9 Å². The van der Waals surface area contributed by atoms with Gasteiger partial charge >= 0.3 is 5.69 Å². The molecule has 0 amide bonds. The zero-order valence-corrected chi connectivity index (χ0v) is 17.5. The SMILES string of the molecule is CCCOc1c(OC)cc(/C=N/NC(=S)NCCN2CCOCC2)cc1[N+](=O)[O-]. The summed E-state index contributed by atoms with van der Waals surface area (Å²) in [7, 11) is 1.44. The van der Waals surface area contributed by atoms with Crippen LogP contribution in [0.1, 0.15) is 18.9 Å². The Kier molecular flexibility index (Phi) is 9.54. The van der Waals surface area contributed by atoms with E-state index in [1.165, 1.54) is 19.4 Å². The van der Waals surface area contributed by atoms with E-state index in [0.29, 0.717) is 23.8 Å². The lowest BCUT2D eigenvalue weighted by Gasteiger charge is -2.26. The third-order valence-electron chi connectivity index (χ3n) is 4.12. The quantitative estimate of drug-likeness (QED) is 0.249. The maximum Gasteiger partial charge on any atom is 0.315 e. The van der Waals surface area contributed by atoms with Crippen molar-refractivity contribution in [1.29, 1.82) is 0 Å². The van der Waals surface area contributed by atoms with Gasteiger partial charge in [-0.05, 0) is 24.7 Å². The number of ether oxygens (including phenoxy) is 3. The largest absolute Gasteiger partial charge is 0.493 e. The van der Waals surface area contributed by atoms with Crippen molar-refractivity contribution in [2.75, 3.05) is 53.1 Å². The predicted octanol–water partition coefficient (Wildman–Crippen LogP) is 1.52. The number of hydrogen-bond acceptors (Lipinski definition) is 8. The van der Waals surface area contributed by atoms with Crippen molar-refractivity contribution in [3.63, 3.8) is 0 Å². The van der Waals surface area contributed by atoms with Gasteiger partial charge in [0.1, 0.15) is 0 Å². The van der Waals surface area contributed by atoms with Gasteiger partial charge in [0.2, 0.25) is 5.75 Å². The second-order valence-corrected chi connectivity index (χ2v) is 6.67. The van der Waals surface area contributed by atoms with Crippen LogP contribution in [-0.4, -0.2) is 74.3 Å². The Labute approximate surface area is 175 Å². The molecule has 2 N–H and O–H groups in total. The highest BCUT2D eigenvalue weighted by atomic mass is 32.1. The minimum atomic E-state index is -0.504. The molecule has 0 spiro atoms. The molecule has 29 heavy (non-hydrogen) atoms. The lowest BCUT2D eigenvalue weighted by Crippen LogP contribution is -2.42. The molecule has 160 valence electrons. The Morgan fingerprint density at radius 3 is 2.86 bits per heavy atom. The normalized spacial score (nSPS) is 14.6. The summed E-state index contributed by atoms with van der Waals surface area (Å²) in [5, 5.41) is 18.9. The molecule has 10 nitrogen and oxygen atoms in total. The molecule has 1 heterocycles. The summed E-state index contributed by atoms with van der Waals surface area (Å²) in [4.78, 5) is 13.2. The van der Waals surface area contributed by atoms with Crippen LogP contribution in [0, 0.1) is 10.1 Å². The van der Waals surface area contributed by atoms with Gasteiger partial charge in [-0.25, -0.2) is 0 Å². The van der Waals surface area contributed by atoms with Gasteiger partial charge in [-0.2, -0.15) is 5.10 Å². The summed E-state index contributed by atoms with van der Waals surface area (Å²) in [6.45, 7) is 7.16. The summed E-state index contributed by atoms with van der Waals surface area (Å²) >= 11 is 5.19. The van der Waals surface area contributed by atoms with E-state index in [-0.39, 0.29) is 17.2 Å². The van der Waals surface area contributed by atoms with Crippen LogP contribution in [0.2, 0.25) is 0 Å². The Balaban J connectivity index is 1.92. The first kappa shape index (κ1) is 22.8. The van der Waals surface area contributed by atoms with Gasteiger partial charge in [0.05, 0.1) is 38.1 Å². The first-order valence-corrected chi connectivity index (χ1v) is 9.82. The predicted molar refractivity (Wildman–Crippen MR) is 114 cm³/mol. The molecule has 0 aromatic heterocycles. The van der Waals surface area contributed by atoms with E-state index in [2.05, 4.69) is 20.7 Å². The highest BCUT2D eigenvalue weighted by Crippen LogP contribution is 2.38. The van der Waals surface area contributed by atoms with Gasteiger partial charge < -0.3 is 19.5 Å². The van der Waals surface area contributed by atoms with Gasteiger partial charge in [0.25, 0.3) is 0 Å². The third kappa shape index (κ3) is 7.44. The van der Waals surface area contributed by atoms with Crippen LogP contribution in [0.25, 0.3) is 0 Å². The molecule has 1 saturated heterocycles. The number of methoxy groups -OCH3 is 1. The van der Waals surface area contributed by atoms with Gasteiger partial charge in [0, 0.05) is 37.8 Å². The van der Waals surface area contributed by atoms with Crippen LogP contribution in [0.3, 0.4) is 0 Å². The van der Waals surface area contributed by atoms with Gasteiger partial charge in [-0.15, -0.1) is 0 Å². The number of hydrogen-bond donors (Lipinski definition) is 2. The zero-order valence-electron chi connectivity index (χ0n) is 16.7. The van der Waals surface area contributed by atoms with Crippen molar-refractivity contribution in [3.8, 4) is 11.5 Å². The molecular weight excluding hydrogens is 398 g/mol. The van der Waals surface area contributed by atoms with E-state index in [0.717, 1.165) is 39.3 Å². The molecule has 0 saturated carbocycles. The zero-order chi connectivity index (χ0) is 21.1. The van der Waals surface area contributed by atoms with Crippen LogP contribution in [-0.2, 0) is 4.74 Å². The Morgan fingerprint density at radius 2 is 2.21 bits per heavy atom. The van der Waals surface area contributed by atoms with Crippen molar-refractivity contribution >= 4 is 29.2 Å². The van der Waals surface area contributed by atoms with Gasteiger partial charge in [-0.1, -0.05) is 6.92 Å². The summed E-state index contributed by atoms with van der Waals surface area (Å²) in [5.41, 5.74) is 3.02. The average molecular weight is 426 g/mol. The molecule has 1 aromatic rings. The van der Waals surface area contributed by atoms with Crippen molar-refractivity contribution in [2.45, 2.75) is 13.3 Å². The molecule has 1 aliphatic rings. The number of hydrazone groups is 1. The fourth-order valence-electron chi connectivity index (χ4n) is 2.68. The van der Waals surface area contributed by atoms with E-state index in [4.69, 9.17) is 26.4 Å².